The number of nitrogens with zero attached hydrogens (tertiary/aromatic N) is 1. The van der Waals surface area contributed by atoms with Gasteiger partial charge in [0.1, 0.15) is 6.10 Å². The summed E-state index contributed by atoms with van der Waals surface area (Å²) in [5.74, 6) is -0.113. The highest BCUT2D eigenvalue weighted by Gasteiger charge is 2.31. The summed E-state index contributed by atoms with van der Waals surface area (Å²) in [6.45, 7) is 5.12. The molecule has 1 aliphatic rings. The van der Waals surface area contributed by atoms with Gasteiger partial charge in [-0.05, 0) is 31.0 Å². The first-order valence-corrected chi connectivity index (χ1v) is 6.32. The van der Waals surface area contributed by atoms with Gasteiger partial charge in [0.15, 0.2) is 0 Å². The second kappa shape index (κ2) is 5.26. The monoisotopic (exact) mass is 268 g/mol. The fourth-order valence-electron chi connectivity index (χ4n) is 2.28. The third-order valence-corrected chi connectivity index (χ3v) is 3.35. The van der Waals surface area contributed by atoms with Gasteiger partial charge in [0.05, 0.1) is 17.3 Å². The normalized spacial score (nSPS) is 20.3. The topological polar surface area (TPSA) is 55.6 Å². The van der Waals surface area contributed by atoms with Crippen molar-refractivity contribution >= 4 is 23.2 Å². The molecule has 0 bridgehead atoms. The van der Waals surface area contributed by atoms with Gasteiger partial charge >= 0.3 is 0 Å². The van der Waals surface area contributed by atoms with E-state index in [1.165, 1.54) is 0 Å². The molecule has 0 aliphatic carbocycles. The highest BCUT2D eigenvalue weighted by Crippen LogP contribution is 2.32. The number of carbonyl (C=O) groups excluding carboxylic acids is 1. The molecule has 2 rings (SSSR count). The van der Waals surface area contributed by atoms with E-state index in [0.717, 1.165) is 16.8 Å². The van der Waals surface area contributed by atoms with Gasteiger partial charge in [-0.3, -0.25) is 4.79 Å². The van der Waals surface area contributed by atoms with E-state index in [2.05, 4.69) is 0 Å². The Bertz CT molecular complexity index is 453. The second-order valence-corrected chi connectivity index (χ2v) is 4.90. The number of morpholine rings is 1. The Labute approximate surface area is 112 Å². The molecule has 0 radical (unpaired) electrons. The van der Waals surface area contributed by atoms with Crippen LogP contribution in [0.15, 0.2) is 12.1 Å². The molecule has 1 atom stereocenters. The number of hydrogen-bond donors (Lipinski definition) is 1. The lowest BCUT2D eigenvalue weighted by molar-refractivity contribution is -0.133. The van der Waals surface area contributed by atoms with E-state index >= 15 is 0 Å². The average Bonchev–Trinajstić information content (AvgIpc) is 2.30. The molecule has 2 N–H and O–H groups in total. The van der Waals surface area contributed by atoms with Crippen LogP contribution in [0.25, 0.3) is 0 Å². The number of carbonyl (C=O) groups is 1. The number of amides is 1. The van der Waals surface area contributed by atoms with Crippen molar-refractivity contribution < 1.29 is 9.53 Å². The summed E-state index contributed by atoms with van der Waals surface area (Å²) in [7, 11) is 0. The van der Waals surface area contributed by atoms with E-state index in [0.29, 0.717) is 18.2 Å². The molecule has 0 saturated carbocycles. The largest absolute Gasteiger partial charge is 0.365 e. The number of nitrogens with two attached hydrogens (primary N) is 1. The van der Waals surface area contributed by atoms with Crippen LogP contribution in [-0.2, 0) is 9.53 Å². The number of hydrogen-bond acceptors (Lipinski definition) is 3. The van der Waals surface area contributed by atoms with Gasteiger partial charge in [-0.15, -0.1) is 0 Å². The van der Waals surface area contributed by atoms with Gasteiger partial charge in [0.2, 0.25) is 0 Å². The zero-order valence-corrected chi connectivity index (χ0v) is 11.3. The molecule has 1 aliphatic heterocycles. The Balaban J connectivity index is 2.39. The van der Waals surface area contributed by atoms with Crippen LogP contribution in [0.3, 0.4) is 0 Å². The predicted molar refractivity (Wildman–Crippen MR) is 72.1 cm³/mol. The van der Waals surface area contributed by atoms with Crippen LogP contribution in [0.5, 0.6) is 0 Å². The fraction of sp³-hybridized carbons (Fsp3) is 0.462. The van der Waals surface area contributed by atoms with E-state index in [1.807, 2.05) is 26.0 Å². The van der Waals surface area contributed by atoms with Gasteiger partial charge in [0, 0.05) is 13.1 Å². The van der Waals surface area contributed by atoms with Crippen molar-refractivity contribution in [1.82, 2.24) is 0 Å². The molecular weight excluding hydrogens is 252 g/mol. The second-order valence-electron chi connectivity index (χ2n) is 4.50. The maximum Gasteiger partial charge on any atom is 0.257 e. The summed E-state index contributed by atoms with van der Waals surface area (Å²) in [5.41, 5.74) is 8.37. The molecule has 98 valence electrons. The lowest BCUT2D eigenvalue weighted by Gasteiger charge is -2.33. The van der Waals surface area contributed by atoms with Crippen LogP contribution in [-0.4, -0.2) is 31.7 Å². The summed E-state index contributed by atoms with van der Waals surface area (Å²) >= 11 is 6.26. The number of anilines is 1. The summed E-state index contributed by atoms with van der Waals surface area (Å²) in [6, 6.07) is 3.88. The average molecular weight is 269 g/mol. The molecule has 1 aromatic rings. The summed E-state index contributed by atoms with van der Waals surface area (Å²) in [5, 5.41) is 0.596. The summed E-state index contributed by atoms with van der Waals surface area (Å²) < 4.78 is 5.34. The third kappa shape index (κ3) is 2.36. The first-order chi connectivity index (χ1) is 8.54. The third-order valence-electron chi connectivity index (χ3n) is 3.06. The van der Waals surface area contributed by atoms with Crippen molar-refractivity contribution in [3.63, 3.8) is 0 Å². The zero-order chi connectivity index (χ0) is 13.3. The number of benzene rings is 1. The number of ether oxygens (including phenoxy) is 1. The molecule has 0 aromatic heterocycles. The highest BCUT2D eigenvalue weighted by atomic mass is 35.5. The molecule has 1 unspecified atom stereocenters. The molecule has 4 nitrogen and oxygen atoms in total. The van der Waals surface area contributed by atoms with Gasteiger partial charge in [0.25, 0.3) is 5.91 Å². The molecule has 1 amide bonds. The quantitative estimate of drug-likeness (QED) is 0.887. The number of rotatable bonds is 2. The lowest BCUT2D eigenvalue weighted by atomic mass is 10.1. The van der Waals surface area contributed by atoms with Crippen molar-refractivity contribution in [3.8, 4) is 0 Å². The van der Waals surface area contributed by atoms with E-state index in [9.17, 15) is 4.79 Å². The van der Waals surface area contributed by atoms with Gasteiger partial charge in [-0.25, -0.2) is 0 Å². The van der Waals surface area contributed by atoms with Crippen LogP contribution in [0.4, 0.5) is 5.69 Å². The Morgan fingerprint density at radius 3 is 2.83 bits per heavy atom. The molecule has 1 saturated heterocycles. The van der Waals surface area contributed by atoms with Crippen LogP contribution < -0.4 is 10.6 Å². The maximum absolute atomic E-state index is 12.2. The Morgan fingerprint density at radius 2 is 2.22 bits per heavy atom. The molecule has 5 heteroatoms. The minimum absolute atomic E-state index is 0.113. The Hall–Kier alpha value is -1.10. The standard InChI is InChI=1S/C13H17ClN2O2/c1-8-5-9(2)12(10(14)6-8)16-3-4-18-11(7-15)13(16)17/h5-6,11H,3-4,7,15H2,1-2H3. The summed E-state index contributed by atoms with van der Waals surface area (Å²) in [6.07, 6.45) is -0.560. The minimum Gasteiger partial charge on any atom is -0.365 e. The van der Waals surface area contributed by atoms with Crippen LogP contribution in [0, 0.1) is 13.8 Å². The SMILES string of the molecule is Cc1cc(C)c(N2CCOC(CN)C2=O)c(Cl)c1. The molecule has 18 heavy (non-hydrogen) atoms. The van der Waals surface area contributed by atoms with E-state index in [4.69, 9.17) is 22.1 Å². The number of halogens is 1. The van der Waals surface area contributed by atoms with Crippen molar-refractivity contribution in [2.45, 2.75) is 20.0 Å². The molecular formula is C13H17ClN2O2. The number of aryl methyl sites for hydroxylation is 2. The fourth-order valence-corrected chi connectivity index (χ4v) is 2.71. The zero-order valence-electron chi connectivity index (χ0n) is 10.6. The van der Waals surface area contributed by atoms with Crippen molar-refractivity contribution in [2.24, 2.45) is 5.73 Å². The van der Waals surface area contributed by atoms with Crippen molar-refractivity contribution in [3.05, 3.63) is 28.3 Å². The Kier molecular flexibility index (Phi) is 3.90. The molecule has 1 heterocycles. The van der Waals surface area contributed by atoms with Crippen molar-refractivity contribution in [2.75, 3.05) is 24.6 Å². The molecule has 1 fully saturated rings. The lowest BCUT2D eigenvalue weighted by Crippen LogP contribution is -2.51. The molecule has 1 aromatic carbocycles. The highest BCUT2D eigenvalue weighted by molar-refractivity contribution is 6.34. The van der Waals surface area contributed by atoms with Gasteiger partial charge in [-0.2, -0.15) is 0 Å². The van der Waals surface area contributed by atoms with Gasteiger partial charge in [-0.1, -0.05) is 17.7 Å². The minimum atomic E-state index is -0.560. The Morgan fingerprint density at radius 1 is 1.50 bits per heavy atom. The van der Waals surface area contributed by atoms with Crippen LogP contribution in [0.2, 0.25) is 5.02 Å². The molecule has 0 spiro atoms. The van der Waals surface area contributed by atoms with E-state index < -0.39 is 6.10 Å². The van der Waals surface area contributed by atoms with Crippen LogP contribution in [0.1, 0.15) is 11.1 Å². The van der Waals surface area contributed by atoms with Crippen molar-refractivity contribution in [1.29, 1.82) is 0 Å². The van der Waals surface area contributed by atoms with E-state index in [1.54, 1.807) is 4.90 Å². The van der Waals surface area contributed by atoms with Gasteiger partial charge < -0.3 is 15.4 Å². The first-order valence-electron chi connectivity index (χ1n) is 5.94. The summed E-state index contributed by atoms with van der Waals surface area (Å²) in [4.78, 5) is 13.9. The van der Waals surface area contributed by atoms with Crippen LogP contribution >= 0.6 is 11.6 Å². The van der Waals surface area contributed by atoms with E-state index in [-0.39, 0.29) is 12.5 Å². The predicted octanol–water partition coefficient (Wildman–Crippen LogP) is 1.65. The maximum atomic E-state index is 12.2. The first kappa shape index (κ1) is 13.3. The smallest absolute Gasteiger partial charge is 0.257 e.